The Kier molecular flexibility index (Phi) is 21.8. The van der Waals surface area contributed by atoms with Gasteiger partial charge in [-0.3, -0.25) is 5.73 Å². The molecule has 0 aromatic rings. The van der Waals surface area contributed by atoms with Crippen molar-refractivity contribution in [2.75, 3.05) is 33.0 Å². The maximum absolute atomic E-state index is 6.67. The summed E-state index contributed by atoms with van der Waals surface area (Å²) in [7, 11) is 0. The van der Waals surface area contributed by atoms with Gasteiger partial charge in [0.05, 0.1) is 0 Å². The molecule has 6 nitrogen and oxygen atoms in total. The Morgan fingerprint density at radius 3 is 1.24 bits per heavy atom. The van der Waals surface area contributed by atoms with Crippen LogP contribution in [0.15, 0.2) is 0 Å². The Balaban J connectivity index is 4.70. The van der Waals surface area contributed by atoms with Gasteiger partial charge in [-0.25, -0.2) is 0 Å². The molecule has 2 N–H and O–H groups in total. The molecule has 0 aromatic heterocycles. The molecule has 0 radical (unpaired) electrons. The highest BCUT2D eigenvalue weighted by Gasteiger charge is 2.59. The average molecular weight is 490 g/mol. The fraction of sp³-hybridized carbons (Fsp3) is 1.00. The first-order valence-electron chi connectivity index (χ1n) is 14.5. The number of nitrogens with two attached hydrogens (primary N) is 1. The van der Waals surface area contributed by atoms with Crippen molar-refractivity contribution in [3.63, 3.8) is 0 Å². The van der Waals surface area contributed by atoms with E-state index in [0.717, 1.165) is 19.3 Å². The Labute approximate surface area is 212 Å². The van der Waals surface area contributed by atoms with Gasteiger partial charge in [0.25, 0.3) is 11.7 Å². The van der Waals surface area contributed by atoms with Crippen molar-refractivity contribution < 1.29 is 23.7 Å². The second-order valence-electron chi connectivity index (χ2n) is 9.04. The third kappa shape index (κ3) is 12.6. The van der Waals surface area contributed by atoms with Crippen molar-refractivity contribution in [2.45, 2.75) is 149 Å². The van der Waals surface area contributed by atoms with Crippen LogP contribution in [0.5, 0.6) is 0 Å². The lowest BCUT2D eigenvalue weighted by atomic mass is 9.97. The molecule has 1 atom stereocenters. The van der Waals surface area contributed by atoms with Crippen LogP contribution in [-0.4, -0.2) is 50.8 Å². The summed E-state index contributed by atoms with van der Waals surface area (Å²) in [5.41, 5.74) is 6.67. The lowest BCUT2D eigenvalue weighted by Gasteiger charge is -2.49. The van der Waals surface area contributed by atoms with Gasteiger partial charge in [-0.1, -0.05) is 90.4 Å². The molecule has 0 rings (SSSR count). The van der Waals surface area contributed by atoms with E-state index in [1.54, 1.807) is 0 Å². The van der Waals surface area contributed by atoms with E-state index in [1.165, 1.54) is 70.6 Å². The number of ether oxygens (including phenoxy) is 5. The first-order chi connectivity index (χ1) is 16.5. The van der Waals surface area contributed by atoms with Gasteiger partial charge in [-0.15, -0.1) is 0 Å². The van der Waals surface area contributed by atoms with Crippen molar-refractivity contribution in [2.24, 2.45) is 5.73 Å². The van der Waals surface area contributed by atoms with Crippen LogP contribution in [-0.2, 0) is 23.7 Å². The first-order valence-corrected chi connectivity index (χ1v) is 14.5. The molecule has 0 heterocycles. The number of hydrogen-bond acceptors (Lipinski definition) is 6. The lowest BCUT2D eigenvalue weighted by molar-refractivity contribution is -0.432. The standard InChI is InChI=1S/C28H59NO5/c1-7-13-14-15-16-17-18-19-20-21-22-23-24-25-26(30-8-2)27(31-9-3,32-10-4)28(29,33-11-5)34-12-6/h26H,7-25,29H2,1-6H3. The van der Waals surface area contributed by atoms with E-state index in [0.29, 0.717) is 33.0 Å². The minimum atomic E-state index is -1.54. The topological polar surface area (TPSA) is 72.2 Å². The van der Waals surface area contributed by atoms with Crippen LogP contribution in [0, 0.1) is 0 Å². The van der Waals surface area contributed by atoms with Gasteiger partial charge in [0.15, 0.2) is 0 Å². The highest BCUT2D eigenvalue weighted by atomic mass is 16.8. The summed E-state index contributed by atoms with van der Waals surface area (Å²) in [6.07, 6.45) is 17.6. The van der Waals surface area contributed by atoms with Crippen molar-refractivity contribution in [3.05, 3.63) is 0 Å². The Morgan fingerprint density at radius 2 is 0.882 bits per heavy atom. The summed E-state index contributed by atoms with van der Waals surface area (Å²) in [6.45, 7) is 14.1. The molecule has 0 saturated heterocycles. The molecule has 0 aliphatic rings. The molecule has 0 aliphatic carbocycles. The van der Waals surface area contributed by atoms with Gasteiger partial charge in [-0.2, -0.15) is 0 Å². The maximum Gasteiger partial charge on any atom is 0.284 e. The second kappa shape index (κ2) is 22.0. The van der Waals surface area contributed by atoms with Gasteiger partial charge < -0.3 is 23.7 Å². The van der Waals surface area contributed by atoms with Crippen molar-refractivity contribution in [3.8, 4) is 0 Å². The summed E-state index contributed by atoms with van der Waals surface area (Å²) >= 11 is 0. The van der Waals surface area contributed by atoms with Gasteiger partial charge in [0.1, 0.15) is 6.10 Å². The van der Waals surface area contributed by atoms with Crippen LogP contribution in [0.3, 0.4) is 0 Å². The predicted octanol–water partition coefficient (Wildman–Crippen LogP) is 7.33. The van der Waals surface area contributed by atoms with Crippen LogP contribution >= 0.6 is 0 Å². The second-order valence-corrected chi connectivity index (χ2v) is 9.04. The summed E-state index contributed by atoms with van der Waals surface area (Å²) in [6, 6.07) is 0. The molecule has 1 unspecified atom stereocenters. The van der Waals surface area contributed by atoms with Gasteiger partial charge in [0.2, 0.25) is 0 Å². The van der Waals surface area contributed by atoms with Crippen LogP contribution < -0.4 is 5.73 Å². The smallest absolute Gasteiger partial charge is 0.284 e. The fourth-order valence-electron chi connectivity index (χ4n) is 4.69. The summed E-state index contributed by atoms with van der Waals surface area (Å²) < 4.78 is 30.4. The molecule has 206 valence electrons. The quantitative estimate of drug-likeness (QED) is 0.101. The molecule has 0 bridgehead atoms. The molecule has 0 fully saturated rings. The molecule has 0 aliphatic heterocycles. The Hall–Kier alpha value is -0.240. The van der Waals surface area contributed by atoms with Crippen LogP contribution in [0.1, 0.15) is 131 Å². The number of unbranched alkanes of at least 4 members (excludes halogenated alkanes) is 12. The summed E-state index contributed by atoms with van der Waals surface area (Å²) in [4.78, 5) is 0. The van der Waals surface area contributed by atoms with E-state index in [-0.39, 0.29) is 6.10 Å². The van der Waals surface area contributed by atoms with E-state index < -0.39 is 11.7 Å². The van der Waals surface area contributed by atoms with E-state index in [9.17, 15) is 0 Å². The minimum Gasteiger partial charge on any atom is -0.373 e. The normalized spacial score (nSPS) is 13.5. The number of rotatable bonds is 26. The molecule has 0 saturated carbocycles. The van der Waals surface area contributed by atoms with E-state index in [2.05, 4.69) is 6.92 Å². The highest BCUT2D eigenvalue weighted by molar-refractivity contribution is 4.93. The SMILES string of the molecule is CCCCCCCCCCCCCCCC(OCC)C(OCC)(OCC)C(N)(OCC)OCC. The molecule has 0 aromatic carbocycles. The maximum atomic E-state index is 6.67. The summed E-state index contributed by atoms with van der Waals surface area (Å²) in [5.74, 6) is -2.87. The third-order valence-electron chi connectivity index (χ3n) is 6.28. The zero-order chi connectivity index (χ0) is 25.5. The summed E-state index contributed by atoms with van der Waals surface area (Å²) in [5, 5.41) is 0. The van der Waals surface area contributed by atoms with E-state index >= 15 is 0 Å². The van der Waals surface area contributed by atoms with Gasteiger partial charge in [-0.05, 0) is 41.0 Å². The van der Waals surface area contributed by atoms with E-state index in [4.69, 9.17) is 29.4 Å². The number of hydrogen-bond donors (Lipinski definition) is 1. The van der Waals surface area contributed by atoms with Crippen LogP contribution in [0.2, 0.25) is 0 Å². The largest absolute Gasteiger partial charge is 0.373 e. The van der Waals surface area contributed by atoms with Gasteiger partial charge in [0, 0.05) is 33.0 Å². The van der Waals surface area contributed by atoms with Crippen molar-refractivity contribution >= 4 is 0 Å². The highest BCUT2D eigenvalue weighted by Crippen LogP contribution is 2.36. The van der Waals surface area contributed by atoms with Crippen LogP contribution in [0.4, 0.5) is 0 Å². The predicted molar refractivity (Wildman–Crippen MR) is 142 cm³/mol. The zero-order valence-corrected chi connectivity index (χ0v) is 23.6. The fourth-order valence-corrected chi connectivity index (χ4v) is 4.69. The molecule has 0 spiro atoms. The molecule has 34 heavy (non-hydrogen) atoms. The molecule has 0 amide bonds. The average Bonchev–Trinajstić information content (AvgIpc) is 2.81. The Morgan fingerprint density at radius 1 is 0.500 bits per heavy atom. The van der Waals surface area contributed by atoms with Crippen LogP contribution in [0.25, 0.3) is 0 Å². The molecule has 6 heteroatoms. The van der Waals surface area contributed by atoms with Gasteiger partial charge >= 0.3 is 0 Å². The Bertz CT molecular complexity index is 423. The third-order valence-corrected chi connectivity index (χ3v) is 6.28. The van der Waals surface area contributed by atoms with Crippen molar-refractivity contribution in [1.82, 2.24) is 0 Å². The molecular formula is C28H59NO5. The first kappa shape index (κ1) is 33.8. The zero-order valence-electron chi connectivity index (χ0n) is 23.6. The lowest BCUT2D eigenvalue weighted by Crippen LogP contribution is -2.72. The minimum absolute atomic E-state index is 0.381. The monoisotopic (exact) mass is 489 g/mol. The molecular weight excluding hydrogens is 430 g/mol. The van der Waals surface area contributed by atoms with Crippen molar-refractivity contribution in [1.29, 1.82) is 0 Å². The van der Waals surface area contributed by atoms with E-state index in [1.807, 2.05) is 34.6 Å².